The van der Waals surface area contributed by atoms with E-state index < -0.39 is 11.8 Å². The Balaban J connectivity index is 2.03. The minimum atomic E-state index is -0.745. The van der Waals surface area contributed by atoms with E-state index in [1.165, 1.54) is 27.5 Å². The monoisotopic (exact) mass is 349 g/mol. The number of carbonyl (C=O) groups is 2. The van der Waals surface area contributed by atoms with Crippen LogP contribution in [0.3, 0.4) is 0 Å². The van der Waals surface area contributed by atoms with E-state index in [9.17, 15) is 9.59 Å². The third kappa shape index (κ3) is 4.62. The number of likely N-dealkylation sites (tertiary alicyclic amines) is 1. The lowest BCUT2D eigenvalue weighted by molar-refractivity contribution is -0.146. The van der Waals surface area contributed by atoms with Crippen LogP contribution in [0.1, 0.15) is 24.8 Å². The van der Waals surface area contributed by atoms with Gasteiger partial charge in [-0.25, -0.2) is 5.43 Å². The van der Waals surface area contributed by atoms with Crippen molar-refractivity contribution >= 4 is 18.0 Å². The molecule has 1 fully saturated rings. The van der Waals surface area contributed by atoms with E-state index in [0.29, 0.717) is 35.9 Å². The van der Waals surface area contributed by atoms with Gasteiger partial charge in [0.15, 0.2) is 11.5 Å². The number of rotatable bonds is 5. The first kappa shape index (κ1) is 18.6. The van der Waals surface area contributed by atoms with Crippen LogP contribution in [0.4, 0.5) is 0 Å². The number of hydrogen-bond donors (Lipinski definition) is 1. The Morgan fingerprint density at radius 1 is 1.04 bits per heavy atom. The van der Waals surface area contributed by atoms with Gasteiger partial charge in [-0.3, -0.25) is 9.59 Å². The van der Waals surface area contributed by atoms with Crippen LogP contribution in [0, 0.1) is 0 Å². The molecule has 8 heteroatoms. The van der Waals surface area contributed by atoms with Crippen molar-refractivity contribution in [2.24, 2.45) is 5.10 Å². The van der Waals surface area contributed by atoms with Crippen molar-refractivity contribution in [3.63, 3.8) is 0 Å². The van der Waals surface area contributed by atoms with E-state index >= 15 is 0 Å². The second-order valence-corrected chi connectivity index (χ2v) is 5.51. The van der Waals surface area contributed by atoms with Crippen LogP contribution < -0.4 is 19.6 Å². The highest BCUT2D eigenvalue weighted by atomic mass is 16.5. The fourth-order valence-corrected chi connectivity index (χ4v) is 2.63. The van der Waals surface area contributed by atoms with Crippen LogP contribution in [0.5, 0.6) is 17.2 Å². The van der Waals surface area contributed by atoms with Crippen LogP contribution in [-0.2, 0) is 9.59 Å². The molecular weight excluding hydrogens is 326 g/mol. The lowest BCUT2D eigenvalue weighted by atomic mass is 10.1. The van der Waals surface area contributed by atoms with Crippen molar-refractivity contribution in [1.82, 2.24) is 10.3 Å². The van der Waals surface area contributed by atoms with Gasteiger partial charge in [0.25, 0.3) is 0 Å². The van der Waals surface area contributed by atoms with Crippen molar-refractivity contribution in [1.29, 1.82) is 0 Å². The number of hydrogen-bond acceptors (Lipinski definition) is 6. The van der Waals surface area contributed by atoms with E-state index in [0.717, 1.165) is 19.3 Å². The highest BCUT2D eigenvalue weighted by molar-refractivity contribution is 6.35. The van der Waals surface area contributed by atoms with Crippen molar-refractivity contribution < 1.29 is 23.8 Å². The van der Waals surface area contributed by atoms with E-state index in [4.69, 9.17) is 14.2 Å². The van der Waals surface area contributed by atoms with Gasteiger partial charge in [-0.15, -0.1) is 0 Å². The maximum atomic E-state index is 12.0. The number of methoxy groups -OCH3 is 3. The molecule has 0 saturated carbocycles. The first-order chi connectivity index (χ1) is 12.1. The number of amides is 2. The molecule has 1 heterocycles. The molecule has 8 nitrogen and oxygen atoms in total. The predicted molar refractivity (Wildman–Crippen MR) is 92.3 cm³/mol. The van der Waals surface area contributed by atoms with Crippen LogP contribution in [0.2, 0.25) is 0 Å². The fourth-order valence-electron chi connectivity index (χ4n) is 2.63. The summed E-state index contributed by atoms with van der Waals surface area (Å²) in [5.41, 5.74) is 2.88. The van der Waals surface area contributed by atoms with Crippen LogP contribution >= 0.6 is 0 Å². The molecule has 0 spiro atoms. The molecule has 0 unspecified atom stereocenters. The molecule has 2 amide bonds. The quantitative estimate of drug-likeness (QED) is 0.490. The molecule has 0 bridgehead atoms. The number of benzene rings is 1. The first-order valence-corrected chi connectivity index (χ1v) is 8.03. The Bertz CT molecular complexity index is 629. The fraction of sp³-hybridized carbons (Fsp3) is 0.471. The summed E-state index contributed by atoms with van der Waals surface area (Å²) in [4.78, 5) is 25.5. The number of piperidine rings is 1. The summed E-state index contributed by atoms with van der Waals surface area (Å²) in [7, 11) is 4.54. The summed E-state index contributed by atoms with van der Waals surface area (Å²) in [6.45, 7) is 1.23. The smallest absolute Gasteiger partial charge is 0.329 e. The average Bonchev–Trinajstić information content (AvgIpc) is 2.66. The third-order valence-electron chi connectivity index (χ3n) is 3.90. The second-order valence-electron chi connectivity index (χ2n) is 5.51. The lowest BCUT2D eigenvalue weighted by Gasteiger charge is -2.25. The zero-order valence-electron chi connectivity index (χ0n) is 14.7. The predicted octanol–water partition coefficient (Wildman–Crippen LogP) is 1.17. The van der Waals surface area contributed by atoms with Gasteiger partial charge in [-0.1, -0.05) is 0 Å². The minimum absolute atomic E-state index is 0.464. The summed E-state index contributed by atoms with van der Waals surface area (Å²) in [5.74, 6) is 0.108. The zero-order valence-corrected chi connectivity index (χ0v) is 14.7. The standard InChI is InChI=1S/C17H23N3O5/c1-23-13-9-12(10-14(24-2)15(13)25-3)11-18-19-16(21)17(22)20-7-5-4-6-8-20/h9-11H,4-8H2,1-3H3,(H,19,21)/b18-11-. The Labute approximate surface area is 146 Å². The van der Waals surface area contributed by atoms with Gasteiger partial charge < -0.3 is 19.1 Å². The lowest BCUT2D eigenvalue weighted by Crippen LogP contribution is -2.43. The summed E-state index contributed by atoms with van der Waals surface area (Å²) in [6, 6.07) is 3.37. The average molecular weight is 349 g/mol. The zero-order chi connectivity index (χ0) is 18.2. The van der Waals surface area contributed by atoms with Crippen LogP contribution in [0.25, 0.3) is 0 Å². The number of carbonyl (C=O) groups excluding carboxylic acids is 2. The van der Waals surface area contributed by atoms with Gasteiger partial charge in [-0.05, 0) is 31.4 Å². The summed E-state index contributed by atoms with van der Waals surface area (Å²) in [5, 5.41) is 3.84. The molecule has 2 rings (SSSR count). The van der Waals surface area contributed by atoms with Gasteiger partial charge in [0.1, 0.15) is 0 Å². The molecule has 136 valence electrons. The molecule has 0 aromatic heterocycles. The minimum Gasteiger partial charge on any atom is -0.493 e. The molecule has 1 aliphatic heterocycles. The highest BCUT2D eigenvalue weighted by Crippen LogP contribution is 2.37. The van der Waals surface area contributed by atoms with Crippen molar-refractivity contribution in [3.8, 4) is 17.2 Å². The Hall–Kier alpha value is -2.77. The molecule has 1 aliphatic rings. The second kappa shape index (κ2) is 8.91. The molecule has 1 N–H and O–H groups in total. The van der Waals surface area contributed by atoms with Crippen LogP contribution in [-0.4, -0.2) is 57.3 Å². The largest absolute Gasteiger partial charge is 0.493 e. The van der Waals surface area contributed by atoms with Gasteiger partial charge >= 0.3 is 11.8 Å². The third-order valence-corrected chi connectivity index (χ3v) is 3.90. The van der Waals surface area contributed by atoms with E-state index in [1.807, 2.05) is 0 Å². The van der Waals surface area contributed by atoms with Crippen molar-refractivity contribution in [3.05, 3.63) is 17.7 Å². The van der Waals surface area contributed by atoms with E-state index in [-0.39, 0.29) is 0 Å². The Kier molecular flexibility index (Phi) is 6.62. The number of ether oxygens (including phenoxy) is 3. The van der Waals surface area contributed by atoms with E-state index in [1.54, 1.807) is 17.0 Å². The summed E-state index contributed by atoms with van der Waals surface area (Å²) < 4.78 is 15.7. The molecular formula is C17H23N3O5. The normalized spacial score (nSPS) is 14.3. The molecule has 1 aromatic carbocycles. The van der Waals surface area contributed by atoms with Crippen molar-refractivity contribution in [2.75, 3.05) is 34.4 Å². The van der Waals surface area contributed by atoms with Gasteiger partial charge in [0.05, 0.1) is 27.5 Å². The molecule has 0 aliphatic carbocycles. The van der Waals surface area contributed by atoms with Gasteiger partial charge in [0, 0.05) is 18.7 Å². The maximum Gasteiger partial charge on any atom is 0.329 e. The molecule has 0 radical (unpaired) electrons. The first-order valence-electron chi connectivity index (χ1n) is 8.03. The molecule has 0 atom stereocenters. The molecule has 1 saturated heterocycles. The SMILES string of the molecule is COc1cc(/C=N\NC(=O)C(=O)N2CCCCC2)cc(OC)c1OC. The molecule has 25 heavy (non-hydrogen) atoms. The summed E-state index contributed by atoms with van der Waals surface area (Å²) >= 11 is 0. The van der Waals surface area contributed by atoms with Gasteiger partial charge in [0.2, 0.25) is 5.75 Å². The number of nitrogens with zero attached hydrogens (tertiary/aromatic N) is 2. The van der Waals surface area contributed by atoms with Gasteiger partial charge in [-0.2, -0.15) is 5.10 Å². The molecule has 1 aromatic rings. The maximum absolute atomic E-state index is 12.0. The highest BCUT2D eigenvalue weighted by Gasteiger charge is 2.22. The summed E-state index contributed by atoms with van der Waals surface area (Å²) in [6.07, 6.45) is 4.35. The number of nitrogens with one attached hydrogen (secondary N) is 1. The number of hydrazone groups is 1. The van der Waals surface area contributed by atoms with E-state index in [2.05, 4.69) is 10.5 Å². The Morgan fingerprint density at radius 3 is 2.16 bits per heavy atom. The Morgan fingerprint density at radius 2 is 1.64 bits per heavy atom. The van der Waals surface area contributed by atoms with Crippen LogP contribution in [0.15, 0.2) is 17.2 Å². The van der Waals surface area contributed by atoms with Crippen molar-refractivity contribution in [2.45, 2.75) is 19.3 Å². The topological polar surface area (TPSA) is 89.5 Å².